The number of benzene rings is 2. The summed E-state index contributed by atoms with van der Waals surface area (Å²) in [4.78, 5) is 24.6. The van der Waals surface area contributed by atoms with Crippen molar-refractivity contribution in [3.63, 3.8) is 0 Å². The average Bonchev–Trinajstić information content (AvgIpc) is 2.99. The monoisotopic (exact) mass is 437 g/mol. The van der Waals surface area contributed by atoms with Crippen LogP contribution in [0.25, 0.3) is 11.1 Å². The Morgan fingerprint density at radius 2 is 1.79 bits per heavy atom. The molecule has 2 aromatic carbocycles. The summed E-state index contributed by atoms with van der Waals surface area (Å²) in [5, 5.41) is 3.20. The highest BCUT2D eigenvalue weighted by atomic mass is 35.5. The van der Waals surface area contributed by atoms with E-state index in [4.69, 9.17) is 16.0 Å². The van der Waals surface area contributed by atoms with E-state index >= 15 is 0 Å². The van der Waals surface area contributed by atoms with Crippen molar-refractivity contribution in [3.05, 3.63) is 58.0 Å². The van der Waals surface area contributed by atoms with Crippen molar-refractivity contribution in [2.45, 2.75) is 25.3 Å². The largest absolute Gasteiger partial charge is 0.420 e. The molecule has 8 nitrogen and oxygen atoms in total. The average molecular weight is 438 g/mol. The first-order valence-electron chi connectivity index (χ1n) is 8.95. The van der Waals surface area contributed by atoms with Crippen LogP contribution in [0.2, 0.25) is 5.02 Å². The highest BCUT2D eigenvalue weighted by Crippen LogP contribution is 2.22. The van der Waals surface area contributed by atoms with Crippen molar-refractivity contribution in [2.24, 2.45) is 0 Å². The number of nitrogens with zero attached hydrogens (tertiary/aromatic N) is 2. The first-order valence-corrected chi connectivity index (χ1v) is 10.8. The number of aromatic nitrogens is 1. The van der Waals surface area contributed by atoms with Gasteiger partial charge in [-0.3, -0.25) is 9.36 Å². The maximum absolute atomic E-state index is 12.7. The molecule has 0 bridgehead atoms. The van der Waals surface area contributed by atoms with Gasteiger partial charge < -0.3 is 9.73 Å². The molecule has 29 heavy (non-hydrogen) atoms. The number of fused-ring (bicyclic) bond motifs is 1. The van der Waals surface area contributed by atoms with Crippen molar-refractivity contribution in [2.75, 3.05) is 18.4 Å². The van der Waals surface area contributed by atoms with E-state index in [2.05, 4.69) is 5.32 Å². The van der Waals surface area contributed by atoms with Crippen molar-refractivity contribution >= 4 is 44.3 Å². The van der Waals surface area contributed by atoms with Crippen LogP contribution in [0.5, 0.6) is 0 Å². The Morgan fingerprint density at radius 3 is 2.41 bits per heavy atom. The number of rotatable bonds is 7. The second kappa shape index (κ2) is 8.40. The molecule has 0 aliphatic rings. The standard InChI is InChI=1S/C19H20ClN3O5S/c1-3-22(4-2)29(26,27)15-9-10-16-17(11-15)28-19(25)23(16)12-18(24)21-14-7-5-13(20)6-8-14/h5-11H,3-4,12H2,1-2H3,(H,21,24). The number of halogens is 1. The van der Waals surface area contributed by atoms with Gasteiger partial charge in [-0.25, -0.2) is 13.2 Å². The minimum atomic E-state index is -3.69. The first-order chi connectivity index (χ1) is 13.8. The van der Waals surface area contributed by atoms with Crippen LogP contribution in [0.1, 0.15) is 13.8 Å². The highest BCUT2D eigenvalue weighted by molar-refractivity contribution is 7.89. The topological polar surface area (TPSA) is 102 Å². The van der Waals surface area contributed by atoms with Gasteiger partial charge in [0.25, 0.3) is 0 Å². The molecular weight excluding hydrogens is 418 g/mol. The number of carbonyl (C=O) groups is 1. The molecule has 0 aliphatic carbocycles. The molecule has 0 atom stereocenters. The third-order valence-electron chi connectivity index (χ3n) is 4.41. The van der Waals surface area contributed by atoms with Gasteiger partial charge in [-0.1, -0.05) is 25.4 Å². The maximum atomic E-state index is 12.7. The Balaban J connectivity index is 1.88. The van der Waals surface area contributed by atoms with Crippen LogP contribution in [0, 0.1) is 0 Å². The summed E-state index contributed by atoms with van der Waals surface area (Å²) < 4.78 is 33.0. The van der Waals surface area contributed by atoms with Gasteiger partial charge in [0.1, 0.15) is 6.54 Å². The summed E-state index contributed by atoms with van der Waals surface area (Å²) in [6.07, 6.45) is 0. The summed E-state index contributed by atoms with van der Waals surface area (Å²) in [6.45, 7) is 3.86. The van der Waals surface area contributed by atoms with Gasteiger partial charge in [0.2, 0.25) is 15.9 Å². The summed E-state index contributed by atoms with van der Waals surface area (Å²) in [7, 11) is -3.69. The molecule has 0 spiro atoms. The van der Waals surface area contributed by atoms with Crippen LogP contribution in [0.15, 0.2) is 56.6 Å². The van der Waals surface area contributed by atoms with Gasteiger partial charge in [0.05, 0.1) is 10.4 Å². The molecule has 0 fully saturated rings. The Labute approximate surface area is 172 Å². The Morgan fingerprint density at radius 1 is 1.14 bits per heavy atom. The van der Waals surface area contributed by atoms with E-state index in [9.17, 15) is 18.0 Å². The SMILES string of the molecule is CCN(CC)S(=O)(=O)c1ccc2c(c1)oc(=O)n2CC(=O)Nc1ccc(Cl)cc1. The number of carbonyl (C=O) groups excluding carboxylic acids is 1. The van der Waals surface area contributed by atoms with Crippen LogP contribution < -0.4 is 11.1 Å². The zero-order valence-corrected chi connectivity index (χ0v) is 17.5. The van der Waals surface area contributed by atoms with E-state index in [0.29, 0.717) is 29.3 Å². The number of anilines is 1. The molecule has 0 saturated carbocycles. The summed E-state index contributed by atoms with van der Waals surface area (Å²) in [6, 6.07) is 10.7. The highest BCUT2D eigenvalue weighted by Gasteiger charge is 2.23. The lowest BCUT2D eigenvalue weighted by molar-refractivity contribution is -0.116. The lowest BCUT2D eigenvalue weighted by atomic mass is 10.3. The third kappa shape index (κ3) is 4.36. The van der Waals surface area contributed by atoms with Gasteiger partial charge in [-0.2, -0.15) is 4.31 Å². The number of oxazole rings is 1. The Kier molecular flexibility index (Phi) is 6.11. The van der Waals surface area contributed by atoms with Crippen LogP contribution in [0.4, 0.5) is 5.69 Å². The van der Waals surface area contributed by atoms with Crippen LogP contribution in [-0.2, 0) is 21.4 Å². The van der Waals surface area contributed by atoms with Gasteiger partial charge >= 0.3 is 5.76 Å². The van der Waals surface area contributed by atoms with E-state index in [1.807, 2.05) is 0 Å². The van der Waals surface area contributed by atoms with Gasteiger partial charge in [0.15, 0.2) is 5.58 Å². The van der Waals surface area contributed by atoms with Crippen LogP contribution >= 0.6 is 11.6 Å². The fourth-order valence-electron chi connectivity index (χ4n) is 2.95. The predicted octanol–water partition coefficient (Wildman–Crippen LogP) is 2.92. The molecule has 0 saturated heterocycles. The van der Waals surface area contributed by atoms with Crippen LogP contribution in [0.3, 0.4) is 0 Å². The van der Waals surface area contributed by atoms with E-state index in [0.717, 1.165) is 4.57 Å². The number of amides is 1. The third-order valence-corrected chi connectivity index (χ3v) is 6.71. The van der Waals surface area contributed by atoms with Gasteiger partial charge in [-0.15, -0.1) is 0 Å². The van der Waals surface area contributed by atoms with Gasteiger partial charge in [0, 0.05) is 29.9 Å². The molecule has 0 aliphatic heterocycles. The first kappa shape index (κ1) is 21.1. The molecule has 10 heteroatoms. The lowest BCUT2D eigenvalue weighted by Crippen LogP contribution is -2.30. The number of nitrogens with one attached hydrogen (secondary N) is 1. The molecule has 3 aromatic rings. The van der Waals surface area contributed by atoms with E-state index in [1.54, 1.807) is 38.1 Å². The fraction of sp³-hybridized carbons (Fsp3) is 0.263. The van der Waals surface area contributed by atoms with E-state index in [1.165, 1.54) is 22.5 Å². The molecule has 1 N–H and O–H groups in total. The molecule has 0 unspecified atom stereocenters. The second-order valence-electron chi connectivity index (χ2n) is 6.23. The second-order valence-corrected chi connectivity index (χ2v) is 8.60. The van der Waals surface area contributed by atoms with Crippen molar-refractivity contribution in [1.29, 1.82) is 0 Å². The van der Waals surface area contributed by atoms with Crippen molar-refractivity contribution < 1.29 is 17.6 Å². The van der Waals surface area contributed by atoms with E-state index < -0.39 is 21.7 Å². The molecule has 1 heterocycles. The summed E-state index contributed by atoms with van der Waals surface area (Å²) in [5.41, 5.74) is 0.968. The Bertz CT molecular complexity index is 1190. The Hall–Kier alpha value is -2.62. The molecule has 1 aromatic heterocycles. The fourth-order valence-corrected chi connectivity index (χ4v) is 4.55. The minimum absolute atomic E-state index is 0.0280. The summed E-state index contributed by atoms with van der Waals surface area (Å²) in [5.74, 6) is -1.18. The maximum Gasteiger partial charge on any atom is 0.420 e. The molecule has 1 amide bonds. The lowest BCUT2D eigenvalue weighted by Gasteiger charge is -2.18. The van der Waals surface area contributed by atoms with Crippen LogP contribution in [-0.4, -0.2) is 36.3 Å². The zero-order valence-electron chi connectivity index (χ0n) is 15.9. The smallest absolute Gasteiger partial charge is 0.408 e. The number of sulfonamides is 1. The van der Waals surface area contributed by atoms with Gasteiger partial charge in [-0.05, 0) is 36.4 Å². The quantitative estimate of drug-likeness (QED) is 0.612. The summed E-state index contributed by atoms with van der Waals surface area (Å²) >= 11 is 5.82. The predicted molar refractivity (Wildman–Crippen MR) is 111 cm³/mol. The molecule has 154 valence electrons. The number of hydrogen-bond acceptors (Lipinski definition) is 5. The minimum Gasteiger partial charge on any atom is -0.408 e. The normalized spacial score (nSPS) is 11.9. The number of hydrogen-bond donors (Lipinski definition) is 1. The van der Waals surface area contributed by atoms with E-state index in [-0.39, 0.29) is 17.0 Å². The molecule has 0 radical (unpaired) electrons. The molecular formula is C19H20ClN3O5S. The zero-order chi connectivity index (χ0) is 21.2. The molecule has 3 rings (SSSR count). The van der Waals surface area contributed by atoms with Crippen molar-refractivity contribution in [1.82, 2.24) is 8.87 Å². The van der Waals surface area contributed by atoms with Crippen molar-refractivity contribution in [3.8, 4) is 0 Å².